The molecule has 6 aromatic rings. The van der Waals surface area contributed by atoms with E-state index in [0.29, 0.717) is 32.0 Å². The Bertz CT molecular complexity index is 2210. The van der Waals surface area contributed by atoms with Crippen molar-refractivity contribution in [1.82, 2.24) is 4.57 Å². The molecule has 0 spiro atoms. The maximum atomic E-state index is 14.4. The van der Waals surface area contributed by atoms with Crippen LogP contribution in [0.3, 0.4) is 0 Å². The highest BCUT2D eigenvalue weighted by Gasteiger charge is 2.32. The number of carbonyl (C=O) groups is 1. The van der Waals surface area contributed by atoms with Crippen LogP contribution in [0.2, 0.25) is 0 Å². The number of aromatic nitrogens is 1. The summed E-state index contributed by atoms with van der Waals surface area (Å²) in [7, 11) is 1.60. The molecule has 1 N–H and O–H groups in total. The summed E-state index contributed by atoms with van der Waals surface area (Å²) in [4.78, 5) is 33.6. The minimum absolute atomic E-state index is 0.203. The molecule has 0 saturated carbocycles. The van der Waals surface area contributed by atoms with Crippen molar-refractivity contribution in [3.63, 3.8) is 0 Å². The second-order valence-corrected chi connectivity index (χ2v) is 11.4. The summed E-state index contributed by atoms with van der Waals surface area (Å²) in [6.45, 7) is 1.82. The standard InChI is InChI=1S/C36H27N3O3S/c1-22-32(34(40)38-26-14-4-3-5-15-26)33(25-13-10-16-27(20-25)42-2)39-35(41)31(43-36(39)37-22)21-30-28-17-8-6-11-23(28)19-24-12-7-9-18-29(24)30/h3-21,33H,1-2H3,(H,38,40)/b31-21-/t33-/m1/s1. The number of hydrogen-bond acceptors (Lipinski definition) is 5. The van der Waals surface area contributed by atoms with E-state index in [-0.39, 0.29) is 11.5 Å². The summed E-state index contributed by atoms with van der Waals surface area (Å²) in [5.74, 6) is 0.328. The van der Waals surface area contributed by atoms with Gasteiger partial charge in [0.05, 0.1) is 29.0 Å². The highest BCUT2D eigenvalue weighted by Crippen LogP contribution is 2.33. The van der Waals surface area contributed by atoms with Crippen molar-refractivity contribution in [2.45, 2.75) is 13.0 Å². The van der Waals surface area contributed by atoms with Gasteiger partial charge in [0.15, 0.2) is 4.80 Å². The summed E-state index contributed by atoms with van der Waals surface area (Å²) < 4.78 is 7.71. The fourth-order valence-electron chi connectivity index (χ4n) is 5.79. The number of ether oxygens (including phenoxy) is 1. The summed E-state index contributed by atoms with van der Waals surface area (Å²) >= 11 is 1.33. The molecule has 0 radical (unpaired) electrons. The van der Waals surface area contributed by atoms with E-state index in [4.69, 9.17) is 9.73 Å². The topological polar surface area (TPSA) is 72.7 Å². The van der Waals surface area contributed by atoms with Gasteiger partial charge in [-0.15, -0.1) is 0 Å². The van der Waals surface area contributed by atoms with Gasteiger partial charge in [0, 0.05) is 5.69 Å². The van der Waals surface area contributed by atoms with Gasteiger partial charge < -0.3 is 10.1 Å². The Morgan fingerprint density at radius 1 is 0.884 bits per heavy atom. The Morgan fingerprint density at radius 2 is 1.56 bits per heavy atom. The van der Waals surface area contributed by atoms with E-state index in [1.807, 2.05) is 91.9 Å². The molecular formula is C36H27N3O3S. The molecule has 1 aromatic heterocycles. The highest BCUT2D eigenvalue weighted by atomic mass is 32.1. The lowest BCUT2D eigenvalue weighted by Crippen LogP contribution is -2.40. The van der Waals surface area contributed by atoms with Crippen LogP contribution in [0.15, 0.2) is 130 Å². The summed E-state index contributed by atoms with van der Waals surface area (Å²) in [6.07, 6.45) is 1.97. The quantitative estimate of drug-likeness (QED) is 0.247. The number of amides is 1. The predicted molar refractivity (Wildman–Crippen MR) is 173 cm³/mol. The van der Waals surface area contributed by atoms with E-state index in [0.717, 1.165) is 32.7 Å². The molecule has 1 atom stereocenters. The number of nitrogens with zero attached hydrogens (tertiary/aromatic N) is 2. The average molecular weight is 582 g/mol. The van der Waals surface area contributed by atoms with Crippen LogP contribution in [0.4, 0.5) is 5.69 Å². The number of allylic oxidation sites excluding steroid dienone is 1. The largest absolute Gasteiger partial charge is 0.497 e. The Kier molecular flexibility index (Phi) is 6.72. The number of hydrogen-bond donors (Lipinski definition) is 1. The zero-order chi connectivity index (χ0) is 29.5. The minimum atomic E-state index is -0.693. The highest BCUT2D eigenvalue weighted by molar-refractivity contribution is 7.07. The normalized spacial score (nSPS) is 14.9. The van der Waals surface area contributed by atoms with Gasteiger partial charge in [-0.05, 0) is 76.0 Å². The average Bonchev–Trinajstić information content (AvgIpc) is 3.34. The molecule has 5 aromatic carbocycles. The molecule has 2 heterocycles. The van der Waals surface area contributed by atoms with E-state index in [9.17, 15) is 9.59 Å². The second kappa shape index (κ2) is 10.9. The molecule has 0 unspecified atom stereocenters. The number of benzene rings is 5. The molecule has 7 heteroatoms. The number of thiazole rings is 1. The molecule has 210 valence electrons. The van der Waals surface area contributed by atoms with Crippen LogP contribution in [0.5, 0.6) is 5.75 Å². The van der Waals surface area contributed by atoms with Crippen molar-refractivity contribution in [3.05, 3.63) is 151 Å². The summed E-state index contributed by atoms with van der Waals surface area (Å²) in [6, 6.07) is 34.7. The van der Waals surface area contributed by atoms with Gasteiger partial charge in [-0.2, -0.15) is 0 Å². The first-order valence-electron chi connectivity index (χ1n) is 14.0. The lowest BCUT2D eigenvalue weighted by molar-refractivity contribution is -0.113. The van der Waals surface area contributed by atoms with Gasteiger partial charge in [0.25, 0.3) is 11.5 Å². The van der Waals surface area contributed by atoms with Gasteiger partial charge in [-0.3, -0.25) is 14.2 Å². The van der Waals surface area contributed by atoms with Crippen LogP contribution in [0.25, 0.3) is 27.6 Å². The molecule has 7 rings (SSSR count). The van der Waals surface area contributed by atoms with Crippen LogP contribution in [0.1, 0.15) is 24.1 Å². The van der Waals surface area contributed by atoms with E-state index >= 15 is 0 Å². The van der Waals surface area contributed by atoms with Crippen molar-refractivity contribution in [1.29, 1.82) is 0 Å². The number of rotatable bonds is 5. The van der Waals surface area contributed by atoms with Crippen LogP contribution in [0, 0.1) is 0 Å². The molecule has 1 aliphatic rings. The molecular weight excluding hydrogens is 554 g/mol. The lowest BCUT2D eigenvalue weighted by atomic mass is 9.94. The predicted octanol–water partition coefficient (Wildman–Crippen LogP) is 6.19. The molecule has 0 saturated heterocycles. The van der Waals surface area contributed by atoms with Crippen molar-refractivity contribution in [2.24, 2.45) is 4.99 Å². The maximum absolute atomic E-state index is 14.4. The number of anilines is 1. The van der Waals surface area contributed by atoms with Gasteiger partial charge in [-0.25, -0.2) is 4.99 Å². The fraction of sp³-hybridized carbons (Fsp3) is 0.0833. The number of carbonyl (C=O) groups excluding carboxylic acids is 1. The Labute approximate surface area is 251 Å². The fourth-order valence-corrected chi connectivity index (χ4v) is 6.82. The lowest BCUT2D eigenvalue weighted by Gasteiger charge is -2.25. The third kappa shape index (κ3) is 4.73. The van der Waals surface area contributed by atoms with Gasteiger partial charge in [0.1, 0.15) is 5.75 Å². The van der Waals surface area contributed by atoms with E-state index < -0.39 is 6.04 Å². The van der Waals surface area contributed by atoms with Crippen LogP contribution >= 0.6 is 11.3 Å². The van der Waals surface area contributed by atoms with Gasteiger partial charge in [0.2, 0.25) is 0 Å². The molecule has 1 amide bonds. The number of para-hydroxylation sites is 1. The van der Waals surface area contributed by atoms with E-state index in [1.54, 1.807) is 11.7 Å². The summed E-state index contributed by atoms with van der Waals surface area (Å²) in [5.41, 5.74) is 3.17. The molecule has 0 aliphatic carbocycles. The number of methoxy groups -OCH3 is 1. The molecule has 0 bridgehead atoms. The van der Waals surface area contributed by atoms with Crippen molar-refractivity contribution in [3.8, 4) is 5.75 Å². The van der Waals surface area contributed by atoms with Crippen LogP contribution < -0.4 is 24.9 Å². The van der Waals surface area contributed by atoms with E-state index in [2.05, 4.69) is 35.6 Å². The van der Waals surface area contributed by atoms with Gasteiger partial charge in [-0.1, -0.05) is 90.2 Å². The van der Waals surface area contributed by atoms with Crippen LogP contribution in [-0.2, 0) is 4.79 Å². The first kappa shape index (κ1) is 26.6. The van der Waals surface area contributed by atoms with Gasteiger partial charge >= 0.3 is 0 Å². The number of nitrogens with one attached hydrogen (secondary N) is 1. The first-order chi connectivity index (χ1) is 21.0. The zero-order valence-corrected chi connectivity index (χ0v) is 24.4. The number of fused-ring (bicyclic) bond motifs is 3. The molecule has 1 aliphatic heterocycles. The Hall–Kier alpha value is -5.27. The van der Waals surface area contributed by atoms with Crippen molar-refractivity contribution >= 4 is 50.6 Å². The molecule has 43 heavy (non-hydrogen) atoms. The smallest absolute Gasteiger partial charge is 0.271 e. The Morgan fingerprint density at radius 3 is 2.26 bits per heavy atom. The molecule has 6 nitrogen and oxygen atoms in total. The van der Waals surface area contributed by atoms with Crippen molar-refractivity contribution in [2.75, 3.05) is 12.4 Å². The first-order valence-corrected chi connectivity index (χ1v) is 14.8. The second-order valence-electron chi connectivity index (χ2n) is 10.4. The Balaban J connectivity index is 1.46. The summed E-state index contributed by atoms with van der Waals surface area (Å²) in [5, 5.41) is 7.33. The monoisotopic (exact) mass is 581 g/mol. The van der Waals surface area contributed by atoms with Crippen molar-refractivity contribution < 1.29 is 9.53 Å². The third-order valence-corrected chi connectivity index (χ3v) is 8.78. The molecule has 0 fully saturated rings. The minimum Gasteiger partial charge on any atom is -0.497 e. The van der Waals surface area contributed by atoms with E-state index in [1.165, 1.54) is 11.3 Å². The SMILES string of the molecule is COc1cccc([C@@H]2C(C(=O)Nc3ccccc3)=C(C)N=c3s/c(=C\c4c5ccccc5cc5ccccc45)c(=O)n32)c1. The third-order valence-electron chi connectivity index (χ3n) is 7.80. The zero-order valence-electron chi connectivity index (χ0n) is 23.6. The van der Waals surface area contributed by atoms with Crippen LogP contribution in [-0.4, -0.2) is 17.6 Å². The maximum Gasteiger partial charge on any atom is 0.271 e.